The highest BCUT2D eigenvalue weighted by Crippen LogP contribution is 2.39. The monoisotopic (exact) mass is 280 g/mol. The molecule has 0 aliphatic heterocycles. The Kier molecular flexibility index (Phi) is 4.08. The van der Waals surface area contributed by atoms with Crippen LogP contribution in [0.3, 0.4) is 0 Å². The summed E-state index contributed by atoms with van der Waals surface area (Å²) in [4.78, 5) is 8.45. The standard InChI is InChI=1S/C15H24N2OS/c1-2-17(11-7-4-3-5-8-11)15-16-12-9-6-10-13(18)14(12)19-15/h11,13,18H,2-10H2,1H3. The molecule has 106 valence electrons. The summed E-state index contributed by atoms with van der Waals surface area (Å²) in [7, 11) is 0. The van der Waals surface area contributed by atoms with Crippen molar-refractivity contribution in [1.82, 2.24) is 4.98 Å². The molecule has 0 bridgehead atoms. The molecule has 1 N–H and O–H groups in total. The number of aliphatic hydroxyl groups is 1. The van der Waals surface area contributed by atoms with Crippen molar-refractivity contribution in [3.05, 3.63) is 10.6 Å². The van der Waals surface area contributed by atoms with Crippen LogP contribution < -0.4 is 4.90 Å². The number of hydrogen-bond acceptors (Lipinski definition) is 4. The largest absolute Gasteiger partial charge is 0.388 e. The fraction of sp³-hybridized carbons (Fsp3) is 0.800. The summed E-state index contributed by atoms with van der Waals surface area (Å²) in [5, 5.41) is 11.2. The number of aliphatic hydroxyl groups excluding tert-OH is 1. The Morgan fingerprint density at radius 3 is 2.68 bits per heavy atom. The highest BCUT2D eigenvalue weighted by atomic mass is 32.1. The predicted octanol–water partition coefficient (Wildman–Crippen LogP) is 3.67. The Labute approximate surface area is 119 Å². The van der Waals surface area contributed by atoms with Gasteiger partial charge in [-0.3, -0.25) is 0 Å². The highest BCUT2D eigenvalue weighted by molar-refractivity contribution is 7.15. The molecule has 0 saturated heterocycles. The number of anilines is 1. The van der Waals surface area contributed by atoms with Gasteiger partial charge in [-0.15, -0.1) is 0 Å². The highest BCUT2D eigenvalue weighted by Gasteiger charge is 2.27. The summed E-state index contributed by atoms with van der Waals surface area (Å²) in [6.07, 6.45) is 9.48. The summed E-state index contributed by atoms with van der Waals surface area (Å²) in [5.41, 5.74) is 1.16. The van der Waals surface area contributed by atoms with Gasteiger partial charge in [-0.25, -0.2) is 4.98 Å². The SMILES string of the molecule is CCN(c1nc2c(s1)C(O)CCC2)C1CCCCC1. The Balaban J connectivity index is 1.83. The second-order valence-corrected chi connectivity index (χ2v) is 6.80. The van der Waals surface area contributed by atoms with Crippen LogP contribution in [-0.2, 0) is 6.42 Å². The Morgan fingerprint density at radius 2 is 2.00 bits per heavy atom. The van der Waals surface area contributed by atoms with Crippen LogP contribution in [0.5, 0.6) is 0 Å². The molecule has 1 atom stereocenters. The topological polar surface area (TPSA) is 36.4 Å². The van der Waals surface area contributed by atoms with Crippen LogP contribution in [0.1, 0.15) is 68.5 Å². The van der Waals surface area contributed by atoms with Crippen molar-refractivity contribution in [3.8, 4) is 0 Å². The average molecular weight is 280 g/mol. The van der Waals surface area contributed by atoms with Crippen LogP contribution in [0.25, 0.3) is 0 Å². The molecule has 1 saturated carbocycles. The minimum Gasteiger partial charge on any atom is -0.388 e. The lowest BCUT2D eigenvalue weighted by Gasteiger charge is -2.33. The van der Waals surface area contributed by atoms with E-state index in [2.05, 4.69) is 11.8 Å². The summed E-state index contributed by atoms with van der Waals surface area (Å²) in [5.74, 6) is 0. The molecule has 0 amide bonds. The van der Waals surface area contributed by atoms with Crippen molar-refractivity contribution >= 4 is 16.5 Å². The Bertz CT molecular complexity index is 426. The first kappa shape index (κ1) is 13.4. The summed E-state index contributed by atoms with van der Waals surface area (Å²) in [6.45, 7) is 3.26. The summed E-state index contributed by atoms with van der Waals surface area (Å²) in [6, 6.07) is 0.670. The normalized spacial score (nSPS) is 24.2. The minimum absolute atomic E-state index is 0.264. The van der Waals surface area contributed by atoms with E-state index in [9.17, 15) is 5.11 Å². The van der Waals surface area contributed by atoms with E-state index in [0.29, 0.717) is 6.04 Å². The number of nitrogens with zero attached hydrogens (tertiary/aromatic N) is 2. The number of thiazole rings is 1. The van der Waals surface area contributed by atoms with Gasteiger partial charge in [0.05, 0.1) is 16.7 Å². The number of aromatic nitrogens is 1. The van der Waals surface area contributed by atoms with Gasteiger partial charge in [0.25, 0.3) is 0 Å². The lowest BCUT2D eigenvalue weighted by Crippen LogP contribution is -2.36. The second kappa shape index (κ2) is 5.80. The molecule has 19 heavy (non-hydrogen) atoms. The van der Waals surface area contributed by atoms with Crippen molar-refractivity contribution < 1.29 is 5.11 Å². The first-order valence-electron chi connectivity index (χ1n) is 7.74. The van der Waals surface area contributed by atoms with Crippen LogP contribution in [0.15, 0.2) is 0 Å². The molecule has 1 unspecified atom stereocenters. The van der Waals surface area contributed by atoms with Gasteiger partial charge in [0.2, 0.25) is 0 Å². The van der Waals surface area contributed by atoms with E-state index in [4.69, 9.17) is 4.98 Å². The van der Waals surface area contributed by atoms with Crippen LogP contribution in [0, 0.1) is 0 Å². The molecule has 3 rings (SSSR count). The first-order chi connectivity index (χ1) is 9.29. The van der Waals surface area contributed by atoms with Gasteiger partial charge in [0.1, 0.15) is 0 Å². The smallest absolute Gasteiger partial charge is 0.186 e. The minimum atomic E-state index is -0.264. The van der Waals surface area contributed by atoms with E-state index in [1.807, 2.05) is 0 Å². The van der Waals surface area contributed by atoms with Gasteiger partial charge < -0.3 is 10.0 Å². The quantitative estimate of drug-likeness (QED) is 0.917. The maximum Gasteiger partial charge on any atom is 0.186 e. The van der Waals surface area contributed by atoms with E-state index in [1.165, 1.54) is 32.1 Å². The van der Waals surface area contributed by atoms with E-state index in [1.54, 1.807) is 11.3 Å². The third kappa shape index (κ3) is 2.65. The maximum atomic E-state index is 10.1. The summed E-state index contributed by atoms with van der Waals surface area (Å²) < 4.78 is 0. The zero-order valence-electron chi connectivity index (χ0n) is 11.8. The lowest BCUT2D eigenvalue weighted by molar-refractivity contribution is 0.160. The molecule has 4 heteroatoms. The van der Waals surface area contributed by atoms with Gasteiger partial charge >= 0.3 is 0 Å². The van der Waals surface area contributed by atoms with Crippen molar-refractivity contribution in [3.63, 3.8) is 0 Å². The first-order valence-corrected chi connectivity index (χ1v) is 8.55. The molecule has 3 nitrogen and oxygen atoms in total. The van der Waals surface area contributed by atoms with Crippen LogP contribution in [-0.4, -0.2) is 22.7 Å². The molecular weight excluding hydrogens is 256 g/mol. The lowest BCUT2D eigenvalue weighted by atomic mass is 9.94. The molecule has 1 heterocycles. The number of rotatable bonds is 3. The van der Waals surface area contributed by atoms with E-state index >= 15 is 0 Å². The molecule has 0 aromatic carbocycles. The molecular formula is C15H24N2OS. The molecule has 1 aromatic rings. The molecule has 2 aliphatic rings. The van der Waals surface area contributed by atoms with Gasteiger partial charge in [-0.1, -0.05) is 30.6 Å². The summed E-state index contributed by atoms with van der Waals surface area (Å²) >= 11 is 1.73. The van der Waals surface area contributed by atoms with Gasteiger partial charge in [-0.2, -0.15) is 0 Å². The maximum absolute atomic E-state index is 10.1. The van der Waals surface area contributed by atoms with E-state index in [-0.39, 0.29) is 6.10 Å². The van der Waals surface area contributed by atoms with Crippen LogP contribution in [0.2, 0.25) is 0 Å². The third-order valence-corrected chi connectivity index (χ3v) is 5.75. The van der Waals surface area contributed by atoms with Crippen molar-refractivity contribution in [2.75, 3.05) is 11.4 Å². The van der Waals surface area contributed by atoms with Gasteiger partial charge in [0, 0.05) is 12.6 Å². The zero-order valence-corrected chi connectivity index (χ0v) is 12.6. The molecule has 0 radical (unpaired) electrons. The molecule has 1 aromatic heterocycles. The fourth-order valence-corrected chi connectivity index (χ4v) is 4.72. The molecule has 0 spiro atoms. The zero-order chi connectivity index (χ0) is 13.2. The Morgan fingerprint density at radius 1 is 1.21 bits per heavy atom. The Hall–Kier alpha value is -0.610. The number of aryl methyl sites for hydroxylation is 1. The van der Waals surface area contributed by atoms with Gasteiger partial charge in [-0.05, 0) is 39.0 Å². The van der Waals surface area contributed by atoms with Gasteiger partial charge in [0.15, 0.2) is 5.13 Å². The predicted molar refractivity (Wildman–Crippen MR) is 79.9 cm³/mol. The van der Waals surface area contributed by atoms with Crippen molar-refractivity contribution in [1.29, 1.82) is 0 Å². The molecule has 1 fully saturated rings. The van der Waals surface area contributed by atoms with Crippen molar-refractivity contribution in [2.45, 2.75) is 70.4 Å². The van der Waals surface area contributed by atoms with E-state index < -0.39 is 0 Å². The number of fused-ring (bicyclic) bond motifs is 1. The van der Waals surface area contributed by atoms with Crippen LogP contribution >= 0.6 is 11.3 Å². The van der Waals surface area contributed by atoms with Crippen LogP contribution in [0.4, 0.5) is 5.13 Å². The third-order valence-electron chi connectivity index (χ3n) is 4.51. The average Bonchev–Trinajstić information content (AvgIpc) is 2.86. The number of hydrogen-bond donors (Lipinski definition) is 1. The van der Waals surface area contributed by atoms with E-state index in [0.717, 1.165) is 41.5 Å². The fourth-order valence-electron chi connectivity index (χ4n) is 3.45. The van der Waals surface area contributed by atoms with Crippen molar-refractivity contribution in [2.24, 2.45) is 0 Å². The second-order valence-electron chi connectivity index (χ2n) is 5.79. The molecule has 2 aliphatic carbocycles.